The molecule has 2 aromatic carbocycles. The van der Waals surface area contributed by atoms with Crippen molar-refractivity contribution in [3.05, 3.63) is 60.9 Å². The normalized spacial score (nSPS) is 10.4. The van der Waals surface area contributed by atoms with Gasteiger partial charge in [0.2, 0.25) is 5.91 Å². The van der Waals surface area contributed by atoms with Crippen LogP contribution in [-0.2, 0) is 11.3 Å². The smallest absolute Gasteiger partial charge is 0.234 e. The number of benzene rings is 2. The zero-order valence-electron chi connectivity index (χ0n) is 13.8. The van der Waals surface area contributed by atoms with Gasteiger partial charge in [0.25, 0.3) is 0 Å². The molecular weight excluding hydrogens is 336 g/mol. The van der Waals surface area contributed by atoms with Gasteiger partial charge in [-0.05, 0) is 43.3 Å². The van der Waals surface area contributed by atoms with Gasteiger partial charge in [0.15, 0.2) is 5.16 Å². The SMILES string of the molecule is CCn1cnnc1SCC(=O)Nc1ccc(Oc2ccccc2)cc1. The van der Waals surface area contributed by atoms with E-state index in [-0.39, 0.29) is 11.7 Å². The van der Waals surface area contributed by atoms with Crippen molar-refractivity contribution in [3.8, 4) is 11.5 Å². The monoisotopic (exact) mass is 354 g/mol. The first-order chi connectivity index (χ1) is 12.2. The van der Waals surface area contributed by atoms with E-state index >= 15 is 0 Å². The Morgan fingerprint density at radius 2 is 1.84 bits per heavy atom. The van der Waals surface area contributed by atoms with Crippen LogP contribution in [0.15, 0.2) is 66.1 Å². The molecule has 1 aromatic heterocycles. The number of aromatic nitrogens is 3. The minimum atomic E-state index is -0.0904. The van der Waals surface area contributed by atoms with Gasteiger partial charge in [0, 0.05) is 12.2 Å². The van der Waals surface area contributed by atoms with Crippen LogP contribution < -0.4 is 10.1 Å². The maximum atomic E-state index is 12.1. The van der Waals surface area contributed by atoms with Crippen LogP contribution in [0.3, 0.4) is 0 Å². The number of nitrogens with zero attached hydrogens (tertiary/aromatic N) is 3. The van der Waals surface area contributed by atoms with Crippen molar-refractivity contribution < 1.29 is 9.53 Å². The summed E-state index contributed by atoms with van der Waals surface area (Å²) in [5.41, 5.74) is 0.725. The lowest BCUT2D eigenvalue weighted by molar-refractivity contribution is -0.113. The fourth-order valence-corrected chi connectivity index (χ4v) is 2.91. The highest BCUT2D eigenvalue weighted by atomic mass is 32.2. The number of rotatable bonds is 7. The van der Waals surface area contributed by atoms with Crippen LogP contribution in [0.25, 0.3) is 0 Å². The summed E-state index contributed by atoms with van der Waals surface area (Å²) in [6, 6.07) is 16.8. The summed E-state index contributed by atoms with van der Waals surface area (Å²) in [5.74, 6) is 1.68. The number of hydrogen-bond acceptors (Lipinski definition) is 5. The second kappa shape index (κ2) is 8.34. The quantitative estimate of drug-likeness (QED) is 0.653. The van der Waals surface area contributed by atoms with E-state index in [4.69, 9.17) is 4.74 Å². The lowest BCUT2D eigenvalue weighted by Crippen LogP contribution is -2.14. The largest absolute Gasteiger partial charge is 0.457 e. The van der Waals surface area contributed by atoms with Crippen molar-refractivity contribution in [2.75, 3.05) is 11.1 Å². The van der Waals surface area contributed by atoms with Gasteiger partial charge in [-0.1, -0.05) is 30.0 Å². The highest BCUT2D eigenvalue weighted by Crippen LogP contribution is 2.23. The van der Waals surface area contributed by atoms with Gasteiger partial charge in [0.1, 0.15) is 17.8 Å². The number of carbonyl (C=O) groups excluding carboxylic acids is 1. The molecule has 0 bridgehead atoms. The average Bonchev–Trinajstić information content (AvgIpc) is 3.10. The van der Waals surface area contributed by atoms with E-state index in [0.717, 1.165) is 28.9 Å². The second-order valence-electron chi connectivity index (χ2n) is 5.18. The number of carbonyl (C=O) groups is 1. The van der Waals surface area contributed by atoms with E-state index in [2.05, 4.69) is 15.5 Å². The molecule has 0 saturated heterocycles. The Labute approximate surface area is 150 Å². The average molecular weight is 354 g/mol. The fraction of sp³-hybridized carbons (Fsp3) is 0.167. The summed E-state index contributed by atoms with van der Waals surface area (Å²) >= 11 is 1.36. The molecule has 3 rings (SSSR count). The number of amides is 1. The number of anilines is 1. The Bertz CT molecular complexity index is 819. The predicted molar refractivity (Wildman–Crippen MR) is 98.0 cm³/mol. The maximum Gasteiger partial charge on any atom is 0.234 e. The molecule has 1 heterocycles. The minimum Gasteiger partial charge on any atom is -0.457 e. The Morgan fingerprint density at radius 1 is 1.12 bits per heavy atom. The van der Waals surface area contributed by atoms with Crippen LogP contribution in [0.5, 0.6) is 11.5 Å². The molecule has 6 nitrogen and oxygen atoms in total. The first kappa shape index (κ1) is 17.0. The Kier molecular flexibility index (Phi) is 5.69. The molecule has 0 atom stereocenters. The number of thioether (sulfide) groups is 1. The third-order valence-electron chi connectivity index (χ3n) is 3.37. The summed E-state index contributed by atoms with van der Waals surface area (Å²) in [4.78, 5) is 12.1. The molecule has 25 heavy (non-hydrogen) atoms. The van der Waals surface area contributed by atoms with Crippen molar-refractivity contribution in [1.82, 2.24) is 14.8 Å². The van der Waals surface area contributed by atoms with E-state index in [1.807, 2.05) is 66.1 Å². The lowest BCUT2D eigenvalue weighted by Gasteiger charge is -2.08. The predicted octanol–water partition coefficient (Wildman–Crippen LogP) is 3.82. The van der Waals surface area contributed by atoms with Crippen molar-refractivity contribution >= 4 is 23.4 Å². The van der Waals surface area contributed by atoms with Crippen molar-refractivity contribution in [3.63, 3.8) is 0 Å². The van der Waals surface area contributed by atoms with E-state index in [1.54, 1.807) is 6.33 Å². The number of hydrogen-bond donors (Lipinski definition) is 1. The first-order valence-electron chi connectivity index (χ1n) is 7.88. The van der Waals surface area contributed by atoms with Crippen LogP contribution in [-0.4, -0.2) is 26.4 Å². The Morgan fingerprint density at radius 3 is 2.56 bits per heavy atom. The molecule has 0 unspecified atom stereocenters. The molecule has 0 spiro atoms. The van der Waals surface area contributed by atoms with Gasteiger partial charge < -0.3 is 14.6 Å². The molecule has 128 valence electrons. The van der Waals surface area contributed by atoms with Gasteiger partial charge in [-0.15, -0.1) is 10.2 Å². The summed E-state index contributed by atoms with van der Waals surface area (Å²) in [7, 11) is 0. The number of nitrogens with one attached hydrogen (secondary N) is 1. The number of aryl methyl sites for hydroxylation is 1. The summed E-state index contributed by atoms with van der Waals surface area (Å²) in [6.45, 7) is 2.78. The van der Waals surface area contributed by atoms with Gasteiger partial charge in [-0.25, -0.2) is 0 Å². The van der Waals surface area contributed by atoms with Crippen LogP contribution in [0.4, 0.5) is 5.69 Å². The lowest BCUT2D eigenvalue weighted by atomic mass is 10.3. The van der Waals surface area contributed by atoms with Crippen LogP contribution in [0.2, 0.25) is 0 Å². The van der Waals surface area contributed by atoms with E-state index < -0.39 is 0 Å². The first-order valence-corrected chi connectivity index (χ1v) is 8.86. The summed E-state index contributed by atoms with van der Waals surface area (Å²) < 4.78 is 7.62. The van der Waals surface area contributed by atoms with Gasteiger partial charge in [-0.2, -0.15) is 0 Å². The van der Waals surface area contributed by atoms with E-state index in [1.165, 1.54) is 11.8 Å². The topological polar surface area (TPSA) is 69.0 Å². The van der Waals surface area contributed by atoms with E-state index in [9.17, 15) is 4.79 Å². The third-order valence-corrected chi connectivity index (χ3v) is 4.35. The molecular formula is C18H18N4O2S. The molecule has 0 saturated carbocycles. The number of ether oxygens (including phenoxy) is 1. The minimum absolute atomic E-state index is 0.0904. The van der Waals surface area contributed by atoms with Crippen molar-refractivity contribution in [2.24, 2.45) is 0 Å². The van der Waals surface area contributed by atoms with Gasteiger partial charge in [0.05, 0.1) is 5.75 Å². The Hall–Kier alpha value is -2.80. The third kappa shape index (κ3) is 4.84. The summed E-state index contributed by atoms with van der Waals surface area (Å²) in [5, 5.41) is 11.4. The van der Waals surface area contributed by atoms with Crippen molar-refractivity contribution in [1.29, 1.82) is 0 Å². The highest BCUT2D eigenvalue weighted by molar-refractivity contribution is 7.99. The zero-order valence-corrected chi connectivity index (χ0v) is 14.6. The van der Waals surface area contributed by atoms with Crippen LogP contribution >= 0.6 is 11.8 Å². The standard InChI is InChI=1S/C18H18N4O2S/c1-2-22-13-19-21-18(22)25-12-17(23)20-14-8-10-16(11-9-14)24-15-6-4-3-5-7-15/h3-11,13H,2,12H2,1H3,(H,20,23). The molecule has 0 radical (unpaired) electrons. The van der Waals surface area contributed by atoms with E-state index in [0.29, 0.717) is 0 Å². The fourth-order valence-electron chi connectivity index (χ4n) is 2.13. The zero-order chi connectivity index (χ0) is 17.5. The maximum absolute atomic E-state index is 12.1. The van der Waals surface area contributed by atoms with Gasteiger partial charge >= 0.3 is 0 Å². The molecule has 0 fully saturated rings. The van der Waals surface area contributed by atoms with Gasteiger partial charge in [-0.3, -0.25) is 4.79 Å². The summed E-state index contributed by atoms with van der Waals surface area (Å²) in [6.07, 6.45) is 1.66. The van der Waals surface area contributed by atoms with Crippen LogP contribution in [0.1, 0.15) is 6.92 Å². The molecule has 0 aliphatic heterocycles. The molecule has 0 aliphatic carbocycles. The molecule has 7 heteroatoms. The van der Waals surface area contributed by atoms with Crippen LogP contribution in [0, 0.1) is 0 Å². The molecule has 0 aliphatic rings. The number of para-hydroxylation sites is 1. The van der Waals surface area contributed by atoms with Crippen molar-refractivity contribution in [2.45, 2.75) is 18.6 Å². The molecule has 1 N–H and O–H groups in total. The second-order valence-corrected chi connectivity index (χ2v) is 6.12. The molecule has 1 amide bonds. The Balaban J connectivity index is 1.51. The molecule has 3 aromatic rings. The highest BCUT2D eigenvalue weighted by Gasteiger charge is 2.08.